The molecule has 5 heterocycles. The molecule has 0 saturated carbocycles. The highest BCUT2D eigenvalue weighted by molar-refractivity contribution is 5.75. The van der Waals surface area contributed by atoms with Crippen molar-refractivity contribution in [3.63, 3.8) is 0 Å². The van der Waals surface area contributed by atoms with Crippen LogP contribution >= 0.6 is 0 Å². The summed E-state index contributed by atoms with van der Waals surface area (Å²) in [6.07, 6.45) is 2.88. The molecular weight excluding hydrogens is 445 g/mol. The highest BCUT2D eigenvalue weighted by atomic mass is 19.1. The van der Waals surface area contributed by atoms with Gasteiger partial charge in [0.05, 0.1) is 36.6 Å². The minimum Gasteiger partial charge on any atom is -0.441 e. The fourth-order valence-electron chi connectivity index (χ4n) is 3.72. The van der Waals surface area contributed by atoms with Gasteiger partial charge in [0.25, 0.3) is 0 Å². The number of nitrogens with one attached hydrogen (secondary N) is 3. The number of carbonyl (C=O) groups is 1. The molecule has 1 saturated heterocycles. The van der Waals surface area contributed by atoms with Crippen molar-refractivity contribution in [1.29, 1.82) is 0 Å². The second kappa shape index (κ2) is 8.74. The Morgan fingerprint density at radius 2 is 2.21 bits per heavy atom. The van der Waals surface area contributed by atoms with Crippen molar-refractivity contribution in [3.05, 3.63) is 42.6 Å². The van der Waals surface area contributed by atoms with E-state index in [1.807, 2.05) is 25.5 Å². The Morgan fingerprint density at radius 1 is 1.35 bits per heavy atom. The van der Waals surface area contributed by atoms with E-state index in [0.29, 0.717) is 23.0 Å². The Labute approximate surface area is 193 Å². The van der Waals surface area contributed by atoms with Crippen LogP contribution in [-0.2, 0) is 16.5 Å². The Kier molecular flexibility index (Phi) is 5.61. The number of ether oxygens (including phenoxy) is 2. The summed E-state index contributed by atoms with van der Waals surface area (Å²) in [7, 11) is 1.83. The highest BCUT2D eigenvalue weighted by Gasteiger charge is 2.42. The van der Waals surface area contributed by atoms with Gasteiger partial charge in [0.2, 0.25) is 0 Å². The number of rotatable bonds is 6. The molecular formula is C21H24FN9O3. The zero-order valence-electron chi connectivity index (χ0n) is 18.8. The van der Waals surface area contributed by atoms with Crippen molar-refractivity contribution in [2.45, 2.75) is 38.3 Å². The number of carbonyl (C=O) groups excluding carboxylic acids is 1. The normalized spacial score (nSPS) is 20.2. The minimum absolute atomic E-state index is 0.0513. The molecule has 3 N–H and O–H groups in total. The van der Waals surface area contributed by atoms with E-state index in [1.165, 1.54) is 0 Å². The largest absolute Gasteiger partial charge is 0.441 e. The van der Waals surface area contributed by atoms with Gasteiger partial charge >= 0.3 is 6.09 Å². The summed E-state index contributed by atoms with van der Waals surface area (Å²) in [6.45, 7) is 3.53. The average Bonchev–Trinajstić information content (AvgIpc) is 3.56. The number of aryl methyl sites for hydroxylation is 1. The summed E-state index contributed by atoms with van der Waals surface area (Å²) in [5.41, 5.74) is 2.66. The van der Waals surface area contributed by atoms with Gasteiger partial charge in [-0.25, -0.2) is 18.7 Å². The Morgan fingerprint density at radius 3 is 2.97 bits per heavy atom. The van der Waals surface area contributed by atoms with Gasteiger partial charge in [0.1, 0.15) is 11.6 Å². The van der Waals surface area contributed by atoms with Gasteiger partial charge in [-0.1, -0.05) is 0 Å². The molecule has 1 amide bonds. The molecule has 0 bridgehead atoms. The molecule has 0 aliphatic carbocycles. The first kappa shape index (κ1) is 21.8. The first-order valence-corrected chi connectivity index (χ1v) is 10.8. The van der Waals surface area contributed by atoms with Crippen LogP contribution in [0.2, 0.25) is 0 Å². The lowest BCUT2D eigenvalue weighted by molar-refractivity contribution is 0.0615. The summed E-state index contributed by atoms with van der Waals surface area (Å²) in [6, 6.07) is 3.34. The second-order valence-corrected chi connectivity index (χ2v) is 8.31. The zero-order chi connectivity index (χ0) is 23.8. The lowest BCUT2D eigenvalue weighted by Gasteiger charge is -2.16. The fourth-order valence-corrected chi connectivity index (χ4v) is 3.72. The molecule has 3 atom stereocenters. The second-order valence-electron chi connectivity index (χ2n) is 8.31. The van der Waals surface area contributed by atoms with Gasteiger partial charge in [-0.15, -0.1) is 0 Å². The molecule has 4 aromatic rings. The molecule has 0 unspecified atom stereocenters. The van der Waals surface area contributed by atoms with Gasteiger partial charge in [0, 0.05) is 30.9 Å². The summed E-state index contributed by atoms with van der Waals surface area (Å²) >= 11 is 0. The van der Waals surface area contributed by atoms with Crippen LogP contribution < -0.4 is 10.6 Å². The fraction of sp³-hybridized carbons (Fsp3) is 0.381. The van der Waals surface area contributed by atoms with Crippen molar-refractivity contribution >= 4 is 23.2 Å². The number of amides is 1. The molecule has 34 heavy (non-hydrogen) atoms. The van der Waals surface area contributed by atoms with E-state index in [-0.39, 0.29) is 12.6 Å². The lowest BCUT2D eigenvalue weighted by atomic mass is 10.1. The molecule has 5 rings (SSSR count). The molecule has 0 aromatic carbocycles. The van der Waals surface area contributed by atoms with Crippen LogP contribution in [0, 0.1) is 0 Å². The molecule has 1 aliphatic heterocycles. The topological polar surface area (TPSA) is 136 Å². The van der Waals surface area contributed by atoms with Gasteiger partial charge in [-0.05, 0) is 19.9 Å². The molecule has 0 radical (unpaired) electrons. The SMILES string of the molecule is CC(C)NC(=O)O[C@H]1CO[C@@H](c2cc(Nc3nc(-c4cnn(C)c4)cn4nccc34)n[nH]2)[C@H]1F. The number of halogens is 1. The number of anilines is 2. The maximum atomic E-state index is 15.0. The summed E-state index contributed by atoms with van der Waals surface area (Å²) in [5, 5.41) is 21.3. The third-order valence-corrected chi connectivity index (χ3v) is 5.29. The van der Waals surface area contributed by atoms with E-state index in [1.54, 1.807) is 41.5 Å². The zero-order valence-corrected chi connectivity index (χ0v) is 18.8. The van der Waals surface area contributed by atoms with E-state index in [0.717, 1.165) is 11.1 Å². The molecule has 0 spiro atoms. The number of nitrogens with zero attached hydrogens (tertiary/aromatic N) is 6. The average molecular weight is 469 g/mol. The number of hydrogen-bond donors (Lipinski definition) is 3. The lowest BCUT2D eigenvalue weighted by Crippen LogP contribution is -2.36. The van der Waals surface area contributed by atoms with Crippen molar-refractivity contribution in [1.82, 2.24) is 39.9 Å². The maximum absolute atomic E-state index is 15.0. The number of fused-ring (bicyclic) bond motifs is 1. The maximum Gasteiger partial charge on any atom is 0.407 e. The molecule has 12 nitrogen and oxygen atoms in total. The van der Waals surface area contributed by atoms with E-state index < -0.39 is 24.5 Å². The molecule has 1 fully saturated rings. The minimum atomic E-state index is -1.54. The Bertz CT molecular complexity index is 1310. The molecule has 178 valence electrons. The predicted molar refractivity (Wildman–Crippen MR) is 119 cm³/mol. The van der Waals surface area contributed by atoms with Crippen molar-refractivity contribution in [2.24, 2.45) is 7.05 Å². The number of alkyl halides is 1. The summed E-state index contributed by atoms with van der Waals surface area (Å²) in [4.78, 5) is 16.5. The molecule has 4 aromatic heterocycles. The van der Waals surface area contributed by atoms with Crippen LogP contribution in [0.1, 0.15) is 25.6 Å². The van der Waals surface area contributed by atoms with Crippen LogP contribution in [0.5, 0.6) is 0 Å². The summed E-state index contributed by atoms with van der Waals surface area (Å²) < 4.78 is 29.1. The van der Waals surface area contributed by atoms with E-state index in [4.69, 9.17) is 14.5 Å². The predicted octanol–water partition coefficient (Wildman–Crippen LogP) is 2.51. The van der Waals surface area contributed by atoms with E-state index in [9.17, 15) is 9.18 Å². The van der Waals surface area contributed by atoms with Crippen LogP contribution in [0.15, 0.2) is 36.9 Å². The Hall–Kier alpha value is -4.00. The number of aromatic nitrogens is 7. The third kappa shape index (κ3) is 4.29. The van der Waals surface area contributed by atoms with E-state index in [2.05, 4.69) is 31.0 Å². The first-order chi connectivity index (χ1) is 16.4. The quantitative estimate of drug-likeness (QED) is 0.392. The van der Waals surface area contributed by atoms with Crippen molar-refractivity contribution in [3.8, 4) is 11.3 Å². The Balaban J connectivity index is 1.33. The van der Waals surface area contributed by atoms with Crippen LogP contribution in [0.4, 0.5) is 20.8 Å². The van der Waals surface area contributed by atoms with Gasteiger partial charge in [0.15, 0.2) is 23.9 Å². The van der Waals surface area contributed by atoms with Crippen molar-refractivity contribution < 1.29 is 18.7 Å². The van der Waals surface area contributed by atoms with Crippen LogP contribution in [0.3, 0.4) is 0 Å². The monoisotopic (exact) mass is 469 g/mol. The van der Waals surface area contributed by atoms with Crippen LogP contribution in [0.25, 0.3) is 16.8 Å². The number of aromatic amines is 1. The standard InChI is InChI=1S/C21H24FN9O3/c1-11(2)25-21(32)34-16-10-33-19(18(16)22)13-6-17(29-28-13)27-20-15-4-5-23-31(15)9-14(26-20)12-7-24-30(3)8-12/h4-9,11,16,18-19H,10H2,1-3H3,(H,25,32)(H2,26,27,28,29)/t16-,18-,19-/m0/s1. The van der Waals surface area contributed by atoms with Gasteiger partial charge in [-0.2, -0.15) is 15.3 Å². The number of H-pyrrole nitrogens is 1. The third-order valence-electron chi connectivity index (χ3n) is 5.29. The van der Waals surface area contributed by atoms with Gasteiger partial charge in [-0.3, -0.25) is 9.78 Å². The first-order valence-electron chi connectivity index (χ1n) is 10.8. The van der Waals surface area contributed by atoms with E-state index >= 15 is 0 Å². The van der Waals surface area contributed by atoms with Crippen molar-refractivity contribution in [2.75, 3.05) is 11.9 Å². The highest BCUT2D eigenvalue weighted by Crippen LogP contribution is 2.34. The molecule has 1 aliphatic rings. The molecule has 13 heteroatoms. The van der Waals surface area contributed by atoms with Gasteiger partial charge < -0.3 is 20.1 Å². The van der Waals surface area contributed by atoms with Crippen LogP contribution in [-0.4, -0.2) is 65.6 Å². The number of hydrogen-bond acceptors (Lipinski definition) is 8. The summed E-state index contributed by atoms with van der Waals surface area (Å²) in [5.74, 6) is 0.944. The smallest absolute Gasteiger partial charge is 0.407 e. The number of alkyl carbamates (subject to hydrolysis) is 1.